The van der Waals surface area contributed by atoms with Crippen LogP contribution in [0.5, 0.6) is 0 Å². The smallest absolute Gasteiger partial charge is 0.221 e. The minimum absolute atomic E-state index is 0.0147. The van der Waals surface area contributed by atoms with Gasteiger partial charge in [0.2, 0.25) is 5.91 Å². The van der Waals surface area contributed by atoms with Crippen LogP contribution in [0.3, 0.4) is 0 Å². The Balaban J connectivity index is 1.93. The van der Waals surface area contributed by atoms with Gasteiger partial charge in [0, 0.05) is 44.9 Å². The number of nitrogens with zero attached hydrogens (tertiary/aromatic N) is 4. The molecular formula is C17H30N6O2. The van der Waals surface area contributed by atoms with Gasteiger partial charge in [0.05, 0.1) is 25.9 Å². The lowest BCUT2D eigenvalue weighted by Gasteiger charge is -2.34. The molecule has 8 heteroatoms. The van der Waals surface area contributed by atoms with Crippen molar-refractivity contribution in [3.63, 3.8) is 0 Å². The van der Waals surface area contributed by atoms with E-state index in [1.54, 1.807) is 4.68 Å². The highest BCUT2D eigenvalue weighted by molar-refractivity contribution is 5.81. The fourth-order valence-corrected chi connectivity index (χ4v) is 2.69. The average molecular weight is 350 g/mol. The topological polar surface area (TPSA) is 83.8 Å². The molecule has 1 saturated heterocycles. The Bertz CT molecular complexity index is 571. The van der Waals surface area contributed by atoms with Gasteiger partial charge in [-0.25, -0.2) is 0 Å². The average Bonchev–Trinajstić information content (AvgIpc) is 3.06. The van der Waals surface area contributed by atoms with Crippen LogP contribution in [0.15, 0.2) is 17.4 Å². The van der Waals surface area contributed by atoms with Crippen molar-refractivity contribution in [3.05, 3.63) is 18.0 Å². The maximum absolute atomic E-state index is 11.7. The summed E-state index contributed by atoms with van der Waals surface area (Å²) in [6.07, 6.45) is 5.16. The van der Waals surface area contributed by atoms with E-state index in [2.05, 4.69) is 25.6 Å². The third-order valence-electron chi connectivity index (χ3n) is 3.97. The summed E-state index contributed by atoms with van der Waals surface area (Å²) in [7, 11) is 1.90. The Morgan fingerprint density at radius 3 is 2.96 bits per heavy atom. The van der Waals surface area contributed by atoms with Crippen molar-refractivity contribution < 1.29 is 9.53 Å². The standard InChI is InChI=1S/C17H30N6O2/c1-4-7-19-16(24)6-8-20-17(18-5-2)23-9-10-25-15(13-23)14-11-21-22(3)12-14/h11-12,15H,4-10,13H2,1-3H3,(H,18,20)(H,19,24). The maximum Gasteiger partial charge on any atom is 0.221 e. The van der Waals surface area contributed by atoms with E-state index in [9.17, 15) is 4.79 Å². The van der Waals surface area contributed by atoms with Gasteiger partial charge >= 0.3 is 0 Å². The number of aromatic nitrogens is 2. The number of carbonyl (C=O) groups is 1. The van der Waals surface area contributed by atoms with Crippen molar-refractivity contribution in [1.82, 2.24) is 25.3 Å². The van der Waals surface area contributed by atoms with Gasteiger partial charge in [0.25, 0.3) is 0 Å². The summed E-state index contributed by atoms with van der Waals surface area (Å²) >= 11 is 0. The molecule has 1 fully saturated rings. The molecule has 2 N–H and O–H groups in total. The number of guanidine groups is 1. The highest BCUT2D eigenvalue weighted by Crippen LogP contribution is 2.21. The molecule has 1 unspecified atom stereocenters. The normalized spacial score (nSPS) is 18.3. The quantitative estimate of drug-likeness (QED) is 0.558. The maximum atomic E-state index is 11.7. The molecular weight excluding hydrogens is 320 g/mol. The third-order valence-corrected chi connectivity index (χ3v) is 3.97. The fraction of sp³-hybridized carbons (Fsp3) is 0.706. The minimum Gasteiger partial charge on any atom is -0.370 e. The van der Waals surface area contributed by atoms with E-state index in [4.69, 9.17) is 4.74 Å². The number of hydrogen-bond donors (Lipinski definition) is 2. The first-order valence-corrected chi connectivity index (χ1v) is 9.04. The van der Waals surface area contributed by atoms with Gasteiger partial charge in [-0.3, -0.25) is 14.5 Å². The van der Waals surface area contributed by atoms with E-state index in [0.29, 0.717) is 19.6 Å². The van der Waals surface area contributed by atoms with Gasteiger partial charge in [0.1, 0.15) is 6.10 Å². The highest BCUT2D eigenvalue weighted by atomic mass is 16.5. The van der Waals surface area contributed by atoms with Gasteiger partial charge in [-0.05, 0) is 13.3 Å². The second-order valence-corrected chi connectivity index (χ2v) is 6.09. The number of nitrogens with one attached hydrogen (secondary N) is 2. The molecule has 1 aliphatic rings. The van der Waals surface area contributed by atoms with Crippen molar-refractivity contribution in [3.8, 4) is 0 Å². The van der Waals surface area contributed by atoms with Gasteiger partial charge in [0.15, 0.2) is 5.96 Å². The first kappa shape index (κ1) is 19.2. The Hall–Kier alpha value is -2.09. The van der Waals surface area contributed by atoms with Crippen LogP contribution in [-0.4, -0.2) is 65.9 Å². The van der Waals surface area contributed by atoms with Crippen molar-refractivity contribution in [2.75, 3.05) is 39.3 Å². The lowest BCUT2D eigenvalue weighted by molar-refractivity contribution is -0.120. The van der Waals surface area contributed by atoms with Gasteiger partial charge in [-0.2, -0.15) is 5.10 Å². The summed E-state index contributed by atoms with van der Waals surface area (Å²) in [6.45, 7) is 8.22. The van der Waals surface area contributed by atoms with Crippen molar-refractivity contribution >= 4 is 11.9 Å². The van der Waals surface area contributed by atoms with E-state index in [-0.39, 0.29) is 12.0 Å². The zero-order valence-electron chi connectivity index (χ0n) is 15.5. The molecule has 0 saturated carbocycles. The number of carbonyl (C=O) groups excluding carboxylic acids is 1. The number of aliphatic imine (C=N–C) groups is 1. The van der Waals surface area contributed by atoms with E-state index in [0.717, 1.165) is 44.1 Å². The molecule has 0 spiro atoms. The first-order chi connectivity index (χ1) is 12.1. The second-order valence-electron chi connectivity index (χ2n) is 6.09. The SMILES string of the molecule is CCCNC(=O)CCN=C(NCC)N1CCOC(c2cnn(C)c2)C1. The van der Waals surface area contributed by atoms with Crippen LogP contribution in [-0.2, 0) is 16.6 Å². The van der Waals surface area contributed by atoms with Crippen LogP contribution in [0, 0.1) is 0 Å². The van der Waals surface area contributed by atoms with Gasteiger partial charge in [-0.15, -0.1) is 0 Å². The Labute approximate surface area is 149 Å². The van der Waals surface area contributed by atoms with Crippen molar-refractivity contribution in [2.45, 2.75) is 32.8 Å². The molecule has 140 valence electrons. The van der Waals surface area contributed by atoms with E-state index in [1.165, 1.54) is 0 Å². The van der Waals surface area contributed by atoms with E-state index < -0.39 is 0 Å². The first-order valence-electron chi connectivity index (χ1n) is 9.04. The molecule has 1 aromatic rings. The largest absolute Gasteiger partial charge is 0.370 e. The van der Waals surface area contributed by atoms with E-state index >= 15 is 0 Å². The number of ether oxygens (including phenoxy) is 1. The molecule has 2 heterocycles. The van der Waals surface area contributed by atoms with Crippen LogP contribution >= 0.6 is 0 Å². The van der Waals surface area contributed by atoms with Crippen LogP contribution in [0.2, 0.25) is 0 Å². The Morgan fingerprint density at radius 2 is 2.28 bits per heavy atom. The molecule has 2 rings (SSSR count). The zero-order chi connectivity index (χ0) is 18.1. The van der Waals surface area contributed by atoms with Crippen molar-refractivity contribution in [2.24, 2.45) is 12.0 Å². The van der Waals surface area contributed by atoms with E-state index in [1.807, 2.05) is 33.3 Å². The van der Waals surface area contributed by atoms with Crippen LogP contribution in [0.4, 0.5) is 0 Å². The number of amides is 1. The number of rotatable bonds is 7. The highest BCUT2D eigenvalue weighted by Gasteiger charge is 2.25. The second kappa shape index (κ2) is 10.0. The molecule has 0 aromatic carbocycles. The minimum atomic E-state index is -0.0147. The van der Waals surface area contributed by atoms with Crippen LogP contribution in [0.1, 0.15) is 38.4 Å². The predicted molar refractivity (Wildman–Crippen MR) is 97.4 cm³/mol. The van der Waals surface area contributed by atoms with Crippen LogP contribution in [0.25, 0.3) is 0 Å². The summed E-state index contributed by atoms with van der Waals surface area (Å²) < 4.78 is 7.66. The number of hydrogen-bond acceptors (Lipinski definition) is 4. The number of aryl methyl sites for hydroxylation is 1. The molecule has 1 atom stereocenters. The monoisotopic (exact) mass is 350 g/mol. The summed E-state index contributed by atoms with van der Waals surface area (Å²) in [4.78, 5) is 18.5. The van der Waals surface area contributed by atoms with Gasteiger partial charge in [-0.1, -0.05) is 6.92 Å². The molecule has 1 amide bonds. The summed E-state index contributed by atoms with van der Waals surface area (Å²) in [5.74, 6) is 0.889. The Morgan fingerprint density at radius 1 is 1.44 bits per heavy atom. The predicted octanol–water partition coefficient (Wildman–Crippen LogP) is 0.675. The molecule has 0 radical (unpaired) electrons. The zero-order valence-corrected chi connectivity index (χ0v) is 15.5. The fourth-order valence-electron chi connectivity index (χ4n) is 2.69. The Kier molecular flexibility index (Phi) is 7.72. The molecule has 1 aliphatic heterocycles. The summed E-state index contributed by atoms with van der Waals surface area (Å²) in [5, 5.41) is 10.4. The lowest BCUT2D eigenvalue weighted by atomic mass is 10.1. The molecule has 0 bridgehead atoms. The molecule has 0 aliphatic carbocycles. The summed E-state index contributed by atoms with van der Waals surface area (Å²) in [5.41, 5.74) is 1.07. The molecule has 8 nitrogen and oxygen atoms in total. The molecule has 25 heavy (non-hydrogen) atoms. The van der Waals surface area contributed by atoms with Crippen LogP contribution < -0.4 is 10.6 Å². The van der Waals surface area contributed by atoms with Crippen molar-refractivity contribution in [1.29, 1.82) is 0 Å². The summed E-state index contributed by atoms with van der Waals surface area (Å²) in [6, 6.07) is 0. The third kappa shape index (κ3) is 6.04. The molecule has 1 aromatic heterocycles. The van der Waals surface area contributed by atoms with Gasteiger partial charge < -0.3 is 20.3 Å². The lowest BCUT2D eigenvalue weighted by Crippen LogP contribution is -2.48. The number of morpholine rings is 1.